The van der Waals surface area contributed by atoms with Gasteiger partial charge in [0.1, 0.15) is 0 Å². The van der Waals surface area contributed by atoms with Gasteiger partial charge in [0.2, 0.25) is 5.91 Å². The van der Waals surface area contributed by atoms with Gasteiger partial charge in [0.25, 0.3) is 0 Å². The zero-order valence-corrected chi connectivity index (χ0v) is 12.3. The normalized spacial score (nSPS) is 19.1. The second kappa shape index (κ2) is 7.10. The number of rotatable bonds is 7. The fraction of sp³-hybridized carbons (Fsp3) is 0.929. The molecule has 1 heterocycles. The lowest BCUT2D eigenvalue weighted by Gasteiger charge is -2.38. The van der Waals surface area contributed by atoms with Gasteiger partial charge in [0, 0.05) is 26.6 Å². The molecule has 4 nitrogen and oxygen atoms in total. The number of carbonyl (C=O) groups excluding carboxylic acids is 1. The Kier molecular flexibility index (Phi) is 6.09. The van der Waals surface area contributed by atoms with E-state index in [1.54, 1.807) is 7.11 Å². The summed E-state index contributed by atoms with van der Waals surface area (Å²) in [6, 6.07) is 0.185. The third-order valence-corrected chi connectivity index (χ3v) is 3.83. The van der Waals surface area contributed by atoms with Crippen LogP contribution in [0.2, 0.25) is 0 Å². The monoisotopic (exact) mass is 256 g/mol. The predicted molar refractivity (Wildman–Crippen MR) is 73.6 cm³/mol. The van der Waals surface area contributed by atoms with Gasteiger partial charge < -0.3 is 15.0 Å². The highest BCUT2D eigenvalue weighted by Gasteiger charge is 2.32. The summed E-state index contributed by atoms with van der Waals surface area (Å²) in [7, 11) is 1.73. The van der Waals surface area contributed by atoms with Gasteiger partial charge in [-0.25, -0.2) is 0 Å². The van der Waals surface area contributed by atoms with Gasteiger partial charge in [-0.2, -0.15) is 0 Å². The van der Waals surface area contributed by atoms with E-state index in [2.05, 4.69) is 26.1 Å². The van der Waals surface area contributed by atoms with E-state index >= 15 is 0 Å². The van der Waals surface area contributed by atoms with Crippen LogP contribution in [0.15, 0.2) is 0 Å². The molecule has 0 aromatic heterocycles. The minimum absolute atomic E-state index is 0.185. The number of piperidine rings is 1. The Morgan fingerprint density at radius 1 is 1.44 bits per heavy atom. The predicted octanol–water partition coefficient (Wildman–Crippen LogP) is 1.79. The second-order valence-electron chi connectivity index (χ2n) is 5.61. The Morgan fingerprint density at radius 2 is 2.17 bits per heavy atom. The number of likely N-dealkylation sites (tertiary alicyclic amines) is 1. The Morgan fingerprint density at radius 3 is 2.72 bits per heavy atom. The molecule has 106 valence electrons. The molecule has 1 saturated heterocycles. The van der Waals surface area contributed by atoms with Crippen molar-refractivity contribution < 1.29 is 9.53 Å². The number of carbonyl (C=O) groups is 1. The van der Waals surface area contributed by atoms with Gasteiger partial charge in [-0.3, -0.25) is 4.79 Å². The minimum atomic E-state index is -0.257. The maximum atomic E-state index is 11.9. The first-order chi connectivity index (χ1) is 8.51. The van der Waals surface area contributed by atoms with E-state index < -0.39 is 0 Å². The molecule has 1 fully saturated rings. The maximum Gasteiger partial charge on any atom is 0.222 e. The molecule has 0 spiro atoms. The maximum absolute atomic E-state index is 11.9. The van der Waals surface area contributed by atoms with Crippen molar-refractivity contribution in [1.29, 1.82) is 0 Å². The summed E-state index contributed by atoms with van der Waals surface area (Å²) >= 11 is 0. The largest absolute Gasteiger partial charge is 0.377 e. The van der Waals surface area contributed by atoms with Crippen LogP contribution in [0.1, 0.15) is 46.5 Å². The average Bonchev–Trinajstić information content (AvgIpc) is 2.36. The zero-order chi connectivity index (χ0) is 13.6. The molecule has 1 unspecified atom stereocenters. The molecule has 18 heavy (non-hydrogen) atoms. The molecule has 0 aliphatic carbocycles. The summed E-state index contributed by atoms with van der Waals surface area (Å²) in [5.41, 5.74) is -0.257. The van der Waals surface area contributed by atoms with Crippen molar-refractivity contribution >= 4 is 5.91 Å². The number of methoxy groups -OCH3 is 1. The Balaban J connectivity index is 2.62. The quantitative estimate of drug-likeness (QED) is 0.755. The average molecular weight is 256 g/mol. The van der Waals surface area contributed by atoms with Gasteiger partial charge in [-0.15, -0.1) is 0 Å². The van der Waals surface area contributed by atoms with Gasteiger partial charge >= 0.3 is 0 Å². The first kappa shape index (κ1) is 15.4. The Bertz CT molecular complexity index is 267. The standard InChI is InChI=1S/C14H28N2O2/c1-5-9-15-12(14(2,3)18-4)11-16-10-7-6-8-13(16)17/h12,15H,5-11H2,1-4H3. The highest BCUT2D eigenvalue weighted by Crippen LogP contribution is 2.18. The number of hydrogen-bond donors (Lipinski definition) is 1. The summed E-state index contributed by atoms with van der Waals surface area (Å²) in [5, 5.41) is 3.51. The first-order valence-corrected chi connectivity index (χ1v) is 7.07. The van der Waals surface area contributed by atoms with E-state index in [0.29, 0.717) is 6.42 Å². The molecule has 1 aliphatic heterocycles. The lowest BCUT2D eigenvalue weighted by molar-refractivity contribution is -0.134. The third kappa shape index (κ3) is 4.25. The van der Waals surface area contributed by atoms with Crippen molar-refractivity contribution in [2.75, 3.05) is 26.7 Å². The van der Waals surface area contributed by atoms with Crippen molar-refractivity contribution in [2.45, 2.75) is 58.1 Å². The van der Waals surface area contributed by atoms with Crippen molar-refractivity contribution in [1.82, 2.24) is 10.2 Å². The van der Waals surface area contributed by atoms with Crippen LogP contribution in [0.25, 0.3) is 0 Å². The van der Waals surface area contributed by atoms with Crippen LogP contribution in [-0.4, -0.2) is 49.2 Å². The van der Waals surface area contributed by atoms with Crippen LogP contribution >= 0.6 is 0 Å². The smallest absolute Gasteiger partial charge is 0.222 e. The zero-order valence-electron chi connectivity index (χ0n) is 12.3. The molecular weight excluding hydrogens is 228 g/mol. The minimum Gasteiger partial charge on any atom is -0.377 e. The van der Waals surface area contributed by atoms with Crippen molar-refractivity contribution in [3.05, 3.63) is 0 Å². The topological polar surface area (TPSA) is 41.6 Å². The lowest BCUT2D eigenvalue weighted by Crippen LogP contribution is -2.56. The number of ether oxygens (including phenoxy) is 1. The first-order valence-electron chi connectivity index (χ1n) is 7.07. The second-order valence-corrected chi connectivity index (χ2v) is 5.61. The van der Waals surface area contributed by atoms with Crippen LogP contribution in [0, 0.1) is 0 Å². The molecule has 1 atom stereocenters. The molecule has 0 radical (unpaired) electrons. The molecule has 1 N–H and O–H groups in total. The van der Waals surface area contributed by atoms with Gasteiger partial charge in [-0.05, 0) is 39.7 Å². The van der Waals surface area contributed by atoms with E-state index in [1.807, 2.05) is 4.90 Å². The lowest BCUT2D eigenvalue weighted by atomic mass is 9.96. The van der Waals surface area contributed by atoms with Crippen LogP contribution in [-0.2, 0) is 9.53 Å². The molecule has 1 amide bonds. The van der Waals surface area contributed by atoms with E-state index in [-0.39, 0.29) is 17.6 Å². The summed E-state index contributed by atoms with van der Waals surface area (Å²) < 4.78 is 5.57. The molecule has 0 aromatic carbocycles. The summed E-state index contributed by atoms with van der Waals surface area (Å²) in [5.74, 6) is 0.288. The van der Waals surface area contributed by atoms with Crippen molar-refractivity contribution in [3.8, 4) is 0 Å². The molecule has 0 bridgehead atoms. The van der Waals surface area contributed by atoms with Crippen molar-refractivity contribution in [3.63, 3.8) is 0 Å². The summed E-state index contributed by atoms with van der Waals surface area (Å²) in [6.45, 7) is 8.90. The molecular formula is C14H28N2O2. The SMILES string of the molecule is CCCNC(CN1CCCCC1=O)C(C)(C)OC. The fourth-order valence-corrected chi connectivity index (χ4v) is 2.27. The molecule has 0 aromatic rings. The van der Waals surface area contributed by atoms with Gasteiger partial charge in [-0.1, -0.05) is 6.92 Å². The summed E-state index contributed by atoms with van der Waals surface area (Å²) in [4.78, 5) is 13.9. The molecule has 4 heteroatoms. The Hall–Kier alpha value is -0.610. The number of amides is 1. The van der Waals surface area contributed by atoms with Gasteiger partial charge in [0.05, 0.1) is 11.6 Å². The number of nitrogens with zero attached hydrogens (tertiary/aromatic N) is 1. The van der Waals surface area contributed by atoms with Gasteiger partial charge in [0.15, 0.2) is 0 Å². The van der Waals surface area contributed by atoms with Crippen LogP contribution in [0.3, 0.4) is 0 Å². The van der Waals surface area contributed by atoms with Crippen LogP contribution < -0.4 is 5.32 Å². The number of hydrogen-bond acceptors (Lipinski definition) is 3. The Labute approximate surface area is 111 Å². The highest BCUT2D eigenvalue weighted by molar-refractivity contribution is 5.76. The molecule has 1 aliphatic rings. The molecule has 0 saturated carbocycles. The van der Waals surface area contributed by atoms with E-state index in [0.717, 1.165) is 38.9 Å². The van der Waals surface area contributed by atoms with E-state index in [1.165, 1.54) is 0 Å². The van der Waals surface area contributed by atoms with Crippen LogP contribution in [0.4, 0.5) is 0 Å². The fourth-order valence-electron chi connectivity index (χ4n) is 2.27. The third-order valence-electron chi connectivity index (χ3n) is 3.83. The van der Waals surface area contributed by atoms with E-state index in [4.69, 9.17) is 4.74 Å². The summed E-state index contributed by atoms with van der Waals surface area (Å²) in [6.07, 6.45) is 3.95. The van der Waals surface area contributed by atoms with Crippen LogP contribution in [0.5, 0.6) is 0 Å². The molecule has 1 rings (SSSR count). The number of nitrogens with one attached hydrogen (secondary N) is 1. The van der Waals surface area contributed by atoms with Crippen molar-refractivity contribution in [2.24, 2.45) is 0 Å². The van der Waals surface area contributed by atoms with E-state index in [9.17, 15) is 4.79 Å². The highest BCUT2D eigenvalue weighted by atomic mass is 16.5.